The van der Waals surface area contributed by atoms with E-state index in [1.54, 1.807) is 7.11 Å². The van der Waals surface area contributed by atoms with E-state index in [0.29, 0.717) is 5.92 Å². The summed E-state index contributed by atoms with van der Waals surface area (Å²) in [6.07, 6.45) is 0. The number of methoxy groups -OCH3 is 1. The summed E-state index contributed by atoms with van der Waals surface area (Å²) in [5.74, 6) is 1.27. The van der Waals surface area contributed by atoms with Gasteiger partial charge in [-0.25, -0.2) is 4.98 Å². The molecule has 0 N–H and O–H groups in total. The van der Waals surface area contributed by atoms with Crippen LogP contribution in [-0.4, -0.2) is 17.1 Å². The van der Waals surface area contributed by atoms with Crippen molar-refractivity contribution in [2.24, 2.45) is 0 Å². The molecule has 3 nitrogen and oxygen atoms in total. The van der Waals surface area contributed by atoms with Crippen LogP contribution in [0.5, 0.6) is 5.75 Å². The van der Waals surface area contributed by atoms with Crippen LogP contribution in [0.1, 0.15) is 31.0 Å². The van der Waals surface area contributed by atoms with Crippen LogP contribution in [0.3, 0.4) is 0 Å². The standard InChI is InChI=1S/C19H20N2O/c1-12(2)15-6-5-7-16(20-15)17-10-8-14-9-11-18(22-4)13(3)19(14)21-17/h5-12H,1-4H3. The molecular formula is C19H20N2O. The van der Waals surface area contributed by atoms with Crippen LogP contribution in [0.25, 0.3) is 22.3 Å². The number of nitrogens with zero attached hydrogens (tertiary/aromatic N) is 2. The van der Waals surface area contributed by atoms with Crippen molar-refractivity contribution < 1.29 is 4.74 Å². The van der Waals surface area contributed by atoms with E-state index in [4.69, 9.17) is 14.7 Å². The van der Waals surface area contributed by atoms with Gasteiger partial charge in [-0.3, -0.25) is 4.98 Å². The molecule has 3 rings (SSSR count). The molecule has 112 valence electrons. The summed E-state index contributed by atoms with van der Waals surface area (Å²) in [4.78, 5) is 9.54. The van der Waals surface area contributed by atoms with Gasteiger partial charge in [-0.2, -0.15) is 0 Å². The van der Waals surface area contributed by atoms with Crippen molar-refractivity contribution >= 4 is 10.9 Å². The monoisotopic (exact) mass is 292 g/mol. The fourth-order valence-electron chi connectivity index (χ4n) is 2.59. The third-order valence-electron chi connectivity index (χ3n) is 3.91. The summed E-state index contributed by atoms with van der Waals surface area (Å²) in [5, 5.41) is 1.11. The molecule has 2 aromatic heterocycles. The number of aryl methyl sites for hydroxylation is 1. The molecule has 0 unspecified atom stereocenters. The third-order valence-corrected chi connectivity index (χ3v) is 3.91. The fraction of sp³-hybridized carbons (Fsp3) is 0.263. The van der Waals surface area contributed by atoms with Gasteiger partial charge >= 0.3 is 0 Å². The lowest BCUT2D eigenvalue weighted by molar-refractivity contribution is 0.412. The molecule has 0 saturated heterocycles. The second kappa shape index (κ2) is 5.76. The summed E-state index contributed by atoms with van der Waals surface area (Å²) >= 11 is 0. The predicted molar refractivity (Wildman–Crippen MR) is 90.4 cm³/mol. The van der Waals surface area contributed by atoms with Crippen molar-refractivity contribution in [3.8, 4) is 17.1 Å². The molecule has 0 saturated carbocycles. The Labute approximate surface area is 131 Å². The first kappa shape index (κ1) is 14.5. The topological polar surface area (TPSA) is 35.0 Å². The van der Waals surface area contributed by atoms with Gasteiger partial charge in [0.1, 0.15) is 5.75 Å². The Morgan fingerprint density at radius 3 is 2.36 bits per heavy atom. The van der Waals surface area contributed by atoms with Crippen LogP contribution in [0.15, 0.2) is 42.5 Å². The zero-order chi connectivity index (χ0) is 15.7. The highest BCUT2D eigenvalue weighted by atomic mass is 16.5. The summed E-state index contributed by atoms with van der Waals surface area (Å²) in [5.41, 5.74) is 4.92. The Morgan fingerprint density at radius 2 is 1.64 bits per heavy atom. The fourth-order valence-corrected chi connectivity index (χ4v) is 2.59. The first-order valence-electron chi connectivity index (χ1n) is 7.52. The van der Waals surface area contributed by atoms with Gasteiger partial charge < -0.3 is 4.74 Å². The minimum Gasteiger partial charge on any atom is -0.496 e. The molecule has 0 amide bonds. The molecule has 0 aliphatic carbocycles. The van der Waals surface area contributed by atoms with Crippen molar-refractivity contribution in [1.82, 2.24) is 9.97 Å². The minimum atomic E-state index is 0.405. The number of ether oxygens (including phenoxy) is 1. The van der Waals surface area contributed by atoms with Crippen LogP contribution in [0.4, 0.5) is 0 Å². The molecule has 1 aromatic carbocycles. The number of benzene rings is 1. The van der Waals surface area contributed by atoms with Gasteiger partial charge in [-0.15, -0.1) is 0 Å². The maximum atomic E-state index is 5.39. The average molecular weight is 292 g/mol. The van der Waals surface area contributed by atoms with E-state index >= 15 is 0 Å². The SMILES string of the molecule is COc1ccc2ccc(-c3cccc(C(C)C)n3)nc2c1C. The second-order valence-electron chi connectivity index (χ2n) is 5.76. The number of fused-ring (bicyclic) bond motifs is 1. The smallest absolute Gasteiger partial charge is 0.123 e. The highest BCUT2D eigenvalue weighted by Crippen LogP contribution is 2.28. The Bertz CT molecular complexity index is 825. The van der Waals surface area contributed by atoms with Gasteiger partial charge in [-0.1, -0.05) is 26.0 Å². The second-order valence-corrected chi connectivity index (χ2v) is 5.76. The number of hydrogen-bond acceptors (Lipinski definition) is 3. The van der Waals surface area contributed by atoms with Gasteiger partial charge in [0.25, 0.3) is 0 Å². The maximum Gasteiger partial charge on any atom is 0.123 e. The number of hydrogen-bond donors (Lipinski definition) is 0. The number of rotatable bonds is 3. The van der Waals surface area contributed by atoms with Crippen molar-refractivity contribution in [3.63, 3.8) is 0 Å². The summed E-state index contributed by atoms with van der Waals surface area (Å²) in [7, 11) is 1.69. The molecule has 0 bridgehead atoms. The Morgan fingerprint density at radius 1 is 0.909 bits per heavy atom. The summed E-state index contributed by atoms with van der Waals surface area (Å²) in [6, 6.07) is 14.3. The molecule has 0 radical (unpaired) electrons. The number of pyridine rings is 2. The lowest BCUT2D eigenvalue weighted by Gasteiger charge is -2.10. The first-order chi connectivity index (χ1) is 10.6. The van der Waals surface area contributed by atoms with Crippen molar-refractivity contribution in [1.29, 1.82) is 0 Å². The average Bonchev–Trinajstić information content (AvgIpc) is 2.55. The molecule has 22 heavy (non-hydrogen) atoms. The highest BCUT2D eigenvalue weighted by Gasteiger charge is 2.09. The molecule has 3 heteroatoms. The largest absolute Gasteiger partial charge is 0.496 e. The predicted octanol–water partition coefficient (Wildman–Crippen LogP) is 4.74. The lowest BCUT2D eigenvalue weighted by Crippen LogP contribution is -1.96. The minimum absolute atomic E-state index is 0.405. The van der Waals surface area contributed by atoms with Crippen LogP contribution in [0.2, 0.25) is 0 Å². The highest BCUT2D eigenvalue weighted by molar-refractivity contribution is 5.85. The quantitative estimate of drug-likeness (QED) is 0.699. The molecule has 0 aliphatic rings. The normalized spacial score (nSPS) is 11.1. The van der Waals surface area contributed by atoms with Crippen molar-refractivity contribution in [2.45, 2.75) is 26.7 Å². The number of aromatic nitrogens is 2. The molecule has 0 atom stereocenters. The Balaban J connectivity index is 2.15. The van der Waals surface area contributed by atoms with Crippen LogP contribution >= 0.6 is 0 Å². The van der Waals surface area contributed by atoms with E-state index in [2.05, 4.69) is 26.0 Å². The third kappa shape index (κ3) is 2.54. The Kier molecular flexibility index (Phi) is 3.80. The molecule has 3 aromatic rings. The summed E-state index contributed by atoms with van der Waals surface area (Å²) in [6.45, 7) is 6.33. The summed E-state index contributed by atoms with van der Waals surface area (Å²) < 4.78 is 5.39. The van der Waals surface area contributed by atoms with Gasteiger partial charge in [-0.05, 0) is 43.2 Å². The zero-order valence-electron chi connectivity index (χ0n) is 13.4. The van der Waals surface area contributed by atoms with Crippen LogP contribution < -0.4 is 4.74 Å². The van der Waals surface area contributed by atoms with Crippen LogP contribution in [-0.2, 0) is 0 Å². The van der Waals surface area contributed by atoms with E-state index < -0.39 is 0 Å². The van der Waals surface area contributed by atoms with Gasteiger partial charge in [0.15, 0.2) is 0 Å². The van der Waals surface area contributed by atoms with Gasteiger partial charge in [0.05, 0.1) is 24.0 Å². The molecule has 0 spiro atoms. The first-order valence-corrected chi connectivity index (χ1v) is 7.52. The van der Waals surface area contributed by atoms with E-state index in [0.717, 1.165) is 39.3 Å². The maximum absolute atomic E-state index is 5.39. The Hall–Kier alpha value is -2.42. The molecule has 0 aliphatic heterocycles. The van der Waals surface area contributed by atoms with E-state index in [1.807, 2.05) is 37.3 Å². The van der Waals surface area contributed by atoms with E-state index in [-0.39, 0.29) is 0 Å². The zero-order valence-corrected chi connectivity index (χ0v) is 13.4. The van der Waals surface area contributed by atoms with Crippen molar-refractivity contribution in [3.05, 3.63) is 53.7 Å². The van der Waals surface area contributed by atoms with E-state index in [9.17, 15) is 0 Å². The van der Waals surface area contributed by atoms with Gasteiger partial charge in [0.2, 0.25) is 0 Å². The van der Waals surface area contributed by atoms with Crippen LogP contribution in [0, 0.1) is 6.92 Å². The lowest BCUT2D eigenvalue weighted by atomic mass is 10.1. The van der Waals surface area contributed by atoms with Crippen molar-refractivity contribution in [2.75, 3.05) is 7.11 Å². The molecule has 0 fully saturated rings. The molecule has 2 heterocycles. The van der Waals surface area contributed by atoms with E-state index in [1.165, 1.54) is 0 Å². The molecular weight excluding hydrogens is 272 g/mol. The van der Waals surface area contributed by atoms with Gasteiger partial charge in [0, 0.05) is 16.6 Å².